The van der Waals surface area contributed by atoms with Gasteiger partial charge in [0.1, 0.15) is 0 Å². The molecule has 0 unspecified atom stereocenters. The van der Waals surface area contributed by atoms with Gasteiger partial charge in [-0.3, -0.25) is 0 Å². The Bertz CT molecular complexity index is 609. The average Bonchev–Trinajstić information content (AvgIpc) is 3.19. The summed E-state index contributed by atoms with van der Waals surface area (Å²) in [6, 6.07) is 9.30. The first-order valence-electron chi connectivity index (χ1n) is 7.50. The van der Waals surface area contributed by atoms with Crippen LogP contribution in [0.1, 0.15) is 35.4 Å². The van der Waals surface area contributed by atoms with Crippen LogP contribution in [0.4, 0.5) is 0 Å². The molecule has 0 radical (unpaired) electrons. The quantitative estimate of drug-likeness (QED) is 0.904. The van der Waals surface area contributed by atoms with Crippen LogP contribution >= 0.6 is 0 Å². The van der Waals surface area contributed by atoms with Gasteiger partial charge in [0.25, 0.3) is 0 Å². The molecule has 1 heterocycles. The largest absolute Gasteiger partial charge is 0.314 e. The highest BCUT2D eigenvalue weighted by Crippen LogP contribution is 2.21. The predicted octanol–water partition coefficient (Wildman–Crippen LogP) is 3.09. The summed E-state index contributed by atoms with van der Waals surface area (Å²) in [5.74, 6) is 0. The zero-order valence-corrected chi connectivity index (χ0v) is 12.6. The van der Waals surface area contributed by atoms with Crippen LogP contribution in [0.3, 0.4) is 0 Å². The molecule has 1 saturated carbocycles. The molecular weight excluding hydrogens is 246 g/mol. The van der Waals surface area contributed by atoms with Gasteiger partial charge in [0.2, 0.25) is 0 Å². The number of rotatable bonds is 5. The third-order valence-corrected chi connectivity index (χ3v) is 4.07. The Balaban J connectivity index is 1.81. The van der Waals surface area contributed by atoms with Crippen molar-refractivity contribution in [2.75, 3.05) is 6.54 Å². The Labute approximate surface area is 121 Å². The minimum atomic E-state index is 0.780. The highest BCUT2D eigenvalue weighted by atomic mass is 15.3. The second-order valence-electron chi connectivity index (χ2n) is 5.88. The topological polar surface area (TPSA) is 29.9 Å². The van der Waals surface area contributed by atoms with E-state index in [1.807, 2.05) is 0 Å². The summed E-state index contributed by atoms with van der Waals surface area (Å²) in [6.45, 7) is 7.47. The molecule has 3 nitrogen and oxygen atoms in total. The third-order valence-electron chi connectivity index (χ3n) is 4.07. The fourth-order valence-corrected chi connectivity index (χ4v) is 2.74. The summed E-state index contributed by atoms with van der Waals surface area (Å²) in [5.41, 5.74) is 6.24. The molecule has 3 rings (SSSR count). The molecule has 3 heteroatoms. The summed E-state index contributed by atoms with van der Waals surface area (Å²) in [6.07, 6.45) is 3.76. The predicted molar refractivity (Wildman–Crippen MR) is 82.5 cm³/mol. The normalized spacial score (nSPS) is 14.8. The van der Waals surface area contributed by atoms with Crippen LogP contribution in [0.15, 0.2) is 24.3 Å². The minimum absolute atomic E-state index is 0.780. The maximum absolute atomic E-state index is 4.72. The van der Waals surface area contributed by atoms with E-state index < -0.39 is 0 Å². The smallest absolute Gasteiger partial charge is 0.0651 e. The average molecular weight is 269 g/mol. The van der Waals surface area contributed by atoms with E-state index in [9.17, 15) is 0 Å². The molecule has 2 aromatic rings. The summed E-state index contributed by atoms with van der Waals surface area (Å²) in [7, 11) is 0. The third kappa shape index (κ3) is 2.78. The summed E-state index contributed by atoms with van der Waals surface area (Å²) < 4.78 is 2.08. The molecule has 0 saturated heterocycles. The summed E-state index contributed by atoms with van der Waals surface area (Å²) >= 11 is 0. The molecule has 106 valence electrons. The number of aryl methyl sites for hydroxylation is 2. The van der Waals surface area contributed by atoms with Gasteiger partial charge in [-0.1, -0.05) is 12.1 Å². The van der Waals surface area contributed by atoms with Gasteiger partial charge in [0.05, 0.1) is 11.4 Å². The van der Waals surface area contributed by atoms with Crippen LogP contribution in [0.25, 0.3) is 5.69 Å². The number of hydrogen-bond donors (Lipinski definition) is 1. The second kappa shape index (κ2) is 5.41. The van der Waals surface area contributed by atoms with E-state index in [0.29, 0.717) is 0 Å². The summed E-state index contributed by atoms with van der Waals surface area (Å²) in [5, 5.41) is 8.30. The monoisotopic (exact) mass is 269 g/mol. The molecular formula is C17H23N3. The summed E-state index contributed by atoms with van der Waals surface area (Å²) in [4.78, 5) is 0. The van der Waals surface area contributed by atoms with Gasteiger partial charge in [-0.05, 0) is 69.8 Å². The van der Waals surface area contributed by atoms with Crippen molar-refractivity contribution in [3.8, 4) is 5.69 Å². The van der Waals surface area contributed by atoms with Gasteiger partial charge in [-0.15, -0.1) is 0 Å². The first-order valence-corrected chi connectivity index (χ1v) is 7.50. The zero-order chi connectivity index (χ0) is 14.1. The molecule has 0 atom stereocenters. The molecule has 0 aliphatic heterocycles. The van der Waals surface area contributed by atoms with Crippen molar-refractivity contribution in [1.29, 1.82) is 0 Å². The van der Waals surface area contributed by atoms with Gasteiger partial charge in [0, 0.05) is 11.7 Å². The number of benzene rings is 1. The van der Waals surface area contributed by atoms with E-state index in [4.69, 9.17) is 5.10 Å². The number of nitrogens with one attached hydrogen (secondary N) is 1. The van der Waals surface area contributed by atoms with Gasteiger partial charge < -0.3 is 5.32 Å². The van der Waals surface area contributed by atoms with Crippen LogP contribution in [-0.2, 0) is 6.42 Å². The number of nitrogens with zero attached hydrogens (tertiary/aromatic N) is 2. The highest BCUT2D eigenvalue weighted by molar-refractivity contribution is 5.39. The molecule has 1 fully saturated rings. The Morgan fingerprint density at radius 3 is 2.75 bits per heavy atom. The van der Waals surface area contributed by atoms with E-state index in [1.165, 1.54) is 29.7 Å². The van der Waals surface area contributed by atoms with Crippen LogP contribution in [0.5, 0.6) is 0 Å². The van der Waals surface area contributed by atoms with Crippen LogP contribution < -0.4 is 5.32 Å². The molecule has 0 spiro atoms. The van der Waals surface area contributed by atoms with Crippen LogP contribution in [0.2, 0.25) is 0 Å². The van der Waals surface area contributed by atoms with E-state index >= 15 is 0 Å². The first-order chi connectivity index (χ1) is 9.65. The molecule has 0 bridgehead atoms. The fraction of sp³-hybridized carbons (Fsp3) is 0.471. The van der Waals surface area contributed by atoms with Crippen LogP contribution in [0, 0.1) is 20.8 Å². The number of hydrogen-bond acceptors (Lipinski definition) is 2. The van der Waals surface area contributed by atoms with Crippen molar-refractivity contribution >= 4 is 0 Å². The molecule has 1 aliphatic rings. The van der Waals surface area contributed by atoms with Gasteiger partial charge in [0.15, 0.2) is 0 Å². The zero-order valence-electron chi connectivity index (χ0n) is 12.6. The van der Waals surface area contributed by atoms with Crippen molar-refractivity contribution in [3.63, 3.8) is 0 Å². The van der Waals surface area contributed by atoms with Crippen molar-refractivity contribution in [2.45, 2.75) is 46.1 Å². The van der Waals surface area contributed by atoms with E-state index in [0.717, 1.165) is 30.4 Å². The molecule has 1 N–H and O–H groups in total. The Kier molecular flexibility index (Phi) is 3.62. The lowest BCUT2D eigenvalue weighted by Gasteiger charge is -2.07. The van der Waals surface area contributed by atoms with Crippen molar-refractivity contribution in [1.82, 2.24) is 15.1 Å². The Morgan fingerprint density at radius 1 is 1.25 bits per heavy atom. The van der Waals surface area contributed by atoms with Crippen LogP contribution in [-0.4, -0.2) is 22.4 Å². The van der Waals surface area contributed by atoms with Crippen molar-refractivity contribution in [2.24, 2.45) is 0 Å². The molecule has 0 amide bonds. The molecule has 1 aromatic heterocycles. The lowest BCUT2D eigenvalue weighted by Crippen LogP contribution is -2.19. The van der Waals surface area contributed by atoms with E-state index in [-0.39, 0.29) is 0 Å². The first kappa shape index (κ1) is 13.4. The standard InChI is InChI=1S/C17H23N3/c1-12-5-4-6-16(11-12)20-14(3)17(13(2)19-20)9-10-18-15-7-8-15/h4-6,11,15,18H,7-10H2,1-3H3. The molecule has 20 heavy (non-hydrogen) atoms. The minimum Gasteiger partial charge on any atom is -0.314 e. The maximum Gasteiger partial charge on any atom is 0.0651 e. The lowest BCUT2D eigenvalue weighted by atomic mass is 10.1. The van der Waals surface area contributed by atoms with E-state index in [1.54, 1.807) is 0 Å². The second-order valence-corrected chi connectivity index (χ2v) is 5.88. The van der Waals surface area contributed by atoms with Gasteiger partial charge >= 0.3 is 0 Å². The SMILES string of the molecule is Cc1cccc(-n2nc(C)c(CCNC3CC3)c2C)c1. The molecule has 1 aliphatic carbocycles. The highest BCUT2D eigenvalue weighted by Gasteiger charge is 2.20. The maximum atomic E-state index is 4.72. The van der Waals surface area contributed by atoms with Crippen molar-refractivity contribution < 1.29 is 0 Å². The Hall–Kier alpha value is -1.61. The van der Waals surface area contributed by atoms with E-state index in [2.05, 4.69) is 55.0 Å². The van der Waals surface area contributed by atoms with Gasteiger partial charge in [-0.25, -0.2) is 4.68 Å². The van der Waals surface area contributed by atoms with Gasteiger partial charge in [-0.2, -0.15) is 5.10 Å². The molecule has 1 aromatic carbocycles. The fourth-order valence-electron chi connectivity index (χ4n) is 2.74. The van der Waals surface area contributed by atoms with Crippen molar-refractivity contribution in [3.05, 3.63) is 46.8 Å². The lowest BCUT2D eigenvalue weighted by molar-refractivity contribution is 0.679. The number of aromatic nitrogens is 2. The Morgan fingerprint density at radius 2 is 2.05 bits per heavy atom.